The van der Waals surface area contributed by atoms with Crippen LogP contribution in [0.4, 0.5) is 0 Å². The van der Waals surface area contributed by atoms with Crippen LogP contribution in [0.3, 0.4) is 0 Å². The summed E-state index contributed by atoms with van der Waals surface area (Å²) in [7, 11) is 0. The van der Waals surface area contributed by atoms with Gasteiger partial charge in [0.25, 0.3) is 11.3 Å². The number of aromatic nitrogens is 5. The maximum Gasteiger partial charge on any atom is 0.266 e. The molecule has 23 heavy (non-hydrogen) atoms. The minimum atomic E-state index is -0.185. The van der Waals surface area contributed by atoms with Crippen molar-refractivity contribution >= 4 is 28.3 Å². The van der Waals surface area contributed by atoms with Crippen LogP contribution >= 0.6 is 11.6 Å². The number of hydrogen-bond donors (Lipinski definition) is 0. The van der Waals surface area contributed by atoms with Gasteiger partial charge in [-0.3, -0.25) is 9.36 Å². The van der Waals surface area contributed by atoms with E-state index in [9.17, 15) is 4.79 Å². The van der Waals surface area contributed by atoms with Crippen LogP contribution in [0, 0.1) is 13.8 Å². The molecule has 6 nitrogen and oxygen atoms in total. The van der Waals surface area contributed by atoms with Crippen molar-refractivity contribution in [2.75, 3.05) is 0 Å². The zero-order valence-corrected chi connectivity index (χ0v) is 13.2. The number of nitrogens with zero attached hydrogens (tertiary/aromatic N) is 5. The van der Waals surface area contributed by atoms with Crippen molar-refractivity contribution in [2.45, 2.75) is 13.8 Å². The van der Waals surface area contributed by atoms with E-state index in [1.54, 1.807) is 36.7 Å². The van der Waals surface area contributed by atoms with Crippen molar-refractivity contribution in [3.8, 4) is 5.69 Å². The third-order valence-electron chi connectivity index (χ3n) is 3.74. The predicted molar refractivity (Wildman–Crippen MR) is 88.4 cm³/mol. The number of para-hydroxylation sites is 1. The number of fused-ring (bicyclic) bond motifs is 3. The van der Waals surface area contributed by atoms with Crippen LogP contribution in [0.15, 0.2) is 41.3 Å². The third-order valence-corrected chi connectivity index (χ3v) is 4.06. The van der Waals surface area contributed by atoms with Gasteiger partial charge >= 0.3 is 0 Å². The normalized spacial score (nSPS) is 11.4. The van der Waals surface area contributed by atoms with Gasteiger partial charge in [0.1, 0.15) is 5.82 Å². The Morgan fingerprint density at radius 3 is 2.65 bits per heavy atom. The second kappa shape index (κ2) is 4.89. The summed E-state index contributed by atoms with van der Waals surface area (Å²) >= 11 is 6.22. The van der Waals surface area contributed by atoms with Crippen LogP contribution in [-0.4, -0.2) is 24.1 Å². The van der Waals surface area contributed by atoms with E-state index in [2.05, 4.69) is 15.1 Å². The van der Waals surface area contributed by atoms with Gasteiger partial charge in [-0.15, -0.1) is 5.10 Å². The molecule has 114 valence electrons. The molecule has 0 atom stereocenters. The van der Waals surface area contributed by atoms with Crippen LogP contribution in [0.25, 0.3) is 22.4 Å². The Morgan fingerprint density at radius 1 is 1.09 bits per heavy atom. The van der Waals surface area contributed by atoms with E-state index >= 15 is 0 Å². The number of pyridine rings is 1. The Hall–Kier alpha value is -2.73. The SMILES string of the molecule is Cc1nc2nc(C)c3c(=O)n(-c4ccccc4Cl)ccc3n2n1. The molecule has 0 amide bonds. The number of rotatable bonds is 1. The van der Waals surface area contributed by atoms with Gasteiger partial charge in [-0.25, -0.2) is 4.98 Å². The number of benzene rings is 1. The monoisotopic (exact) mass is 325 g/mol. The molecule has 0 saturated carbocycles. The van der Waals surface area contributed by atoms with Crippen molar-refractivity contribution in [1.82, 2.24) is 24.1 Å². The maximum atomic E-state index is 13.0. The minimum absolute atomic E-state index is 0.185. The van der Waals surface area contributed by atoms with E-state index < -0.39 is 0 Å². The summed E-state index contributed by atoms with van der Waals surface area (Å²) in [6.45, 7) is 3.59. The molecule has 1 aromatic carbocycles. The molecule has 4 aromatic rings. The number of hydrogen-bond acceptors (Lipinski definition) is 4. The van der Waals surface area contributed by atoms with E-state index in [4.69, 9.17) is 11.6 Å². The summed E-state index contributed by atoms with van der Waals surface area (Å²) in [5.74, 6) is 1.10. The molecule has 0 aliphatic heterocycles. The molecule has 0 radical (unpaired) electrons. The van der Waals surface area contributed by atoms with E-state index in [0.717, 1.165) is 0 Å². The molecule has 4 rings (SSSR count). The van der Waals surface area contributed by atoms with Gasteiger partial charge in [-0.05, 0) is 32.0 Å². The first-order valence-corrected chi connectivity index (χ1v) is 7.44. The van der Waals surface area contributed by atoms with Gasteiger partial charge in [-0.1, -0.05) is 23.7 Å². The van der Waals surface area contributed by atoms with Crippen LogP contribution in [0.1, 0.15) is 11.5 Å². The lowest BCUT2D eigenvalue weighted by Gasteiger charge is -2.10. The Bertz CT molecular complexity index is 1130. The first-order chi connectivity index (χ1) is 11.1. The quantitative estimate of drug-likeness (QED) is 0.539. The first-order valence-electron chi connectivity index (χ1n) is 7.06. The van der Waals surface area contributed by atoms with Gasteiger partial charge in [0.05, 0.1) is 27.3 Å². The molecule has 0 spiro atoms. The average Bonchev–Trinajstić information content (AvgIpc) is 2.88. The Balaban J connectivity index is 2.14. The second-order valence-electron chi connectivity index (χ2n) is 5.27. The minimum Gasteiger partial charge on any atom is -0.282 e. The lowest BCUT2D eigenvalue weighted by Crippen LogP contribution is -2.20. The summed E-state index contributed by atoms with van der Waals surface area (Å²) in [4.78, 5) is 21.6. The maximum absolute atomic E-state index is 13.0. The first kappa shape index (κ1) is 13.9. The molecule has 0 bridgehead atoms. The standard InChI is InChI=1S/C16H12ClN5O/c1-9-14-13(22-16(18-9)19-10(2)20-22)7-8-21(15(14)23)12-6-4-3-5-11(12)17/h3-8H,1-2H3. The summed E-state index contributed by atoms with van der Waals surface area (Å²) in [5, 5.41) is 5.33. The Morgan fingerprint density at radius 2 is 1.87 bits per heavy atom. The van der Waals surface area contributed by atoms with Crippen LogP contribution in [0.2, 0.25) is 5.02 Å². The topological polar surface area (TPSA) is 65.1 Å². The van der Waals surface area contributed by atoms with Gasteiger partial charge < -0.3 is 0 Å². The van der Waals surface area contributed by atoms with Crippen molar-refractivity contribution in [2.24, 2.45) is 0 Å². The molecule has 0 aliphatic carbocycles. The molecule has 7 heteroatoms. The van der Waals surface area contributed by atoms with E-state index in [-0.39, 0.29) is 5.56 Å². The highest BCUT2D eigenvalue weighted by Crippen LogP contribution is 2.20. The third kappa shape index (κ3) is 2.03. The number of aryl methyl sites for hydroxylation is 2. The lowest BCUT2D eigenvalue weighted by atomic mass is 10.2. The molecule has 0 unspecified atom stereocenters. The Labute approximate surface area is 136 Å². The zero-order valence-electron chi connectivity index (χ0n) is 12.5. The summed E-state index contributed by atoms with van der Waals surface area (Å²) in [5.41, 5.74) is 1.75. The highest BCUT2D eigenvalue weighted by atomic mass is 35.5. The van der Waals surface area contributed by atoms with Gasteiger partial charge in [0.2, 0.25) is 0 Å². The van der Waals surface area contributed by atoms with Gasteiger partial charge in [0, 0.05) is 6.20 Å². The highest BCUT2D eigenvalue weighted by Gasteiger charge is 2.14. The van der Waals surface area contributed by atoms with Gasteiger partial charge in [0.15, 0.2) is 0 Å². The largest absolute Gasteiger partial charge is 0.282 e. The molecule has 0 fully saturated rings. The van der Waals surface area contributed by atoms with E-state index in [1.165, 1.54) is 4.57 Å². The summed E-state index contributed by atoms with van der Waals surface area (Å²) < 4.78 is 3.12. The van der Waals surface area contributed by atoms with E-state index in [1.807, 2.05) is 18.2 Å². The highest BCUT2D eigenvalue weighted by molar-refractivity contribution is 6.32. The fraction of sp³-hybridized carbons (Fsp3) is 0.125. The lowest BCUT2D eigenvalue weighted by molar-refractivity contribution is 0.933. The van der Waals surface area contributed by atoms with Gasteiger partial charge in [-0.2, -0.15) is 9.50 Å². The van der Waals surface area contributed by atoms with Crippen molar-refractivity contribution in [3.05, 3.63) is 63.4 Å². The molecular formula is C16H12ClN5O. The smallest absolute Gasteiger partial charge is 0.266 e. The Kier molecular flexibility index (Phi) is 2.96. The molecule has 0 saturated heterocycles. The van der Waals surface area contributed by atoms with Crippen LogP contribution in [0.5, 0.6) is 0 Å². The zero-order chi connectivity index (χ0) is 16.1. The molecular weight excluding hydrogens is 314 g/mol. The molecule has 3 heterocycles. The molecule has 0 N–H and O–H groups in total. The fourth-order valence-corrected chi connectivity index (χ4v) is 2.95. The molecule has 0 aliphatic rings. The van der Waals surface area contributed by atoms with E-state index in [0.29, 0.717) is 38.9 Å². The van der Waals surface area contributed by atoms with Crippen molar-refractivity contribution in [1.29, 1.82) is 0 Å². The number of halogens is 1. The van der Waals surface area contributed by atoms with Crippen molar-refractivity contribution < 1.29 is 0 Å². The summed E-state index contributed by atoms with van der Waals surface area (Å²) in [6, 6.07) is 9.05. The predicted octanol–water partition coefficient (Wildman–Crippen LogP) is 2.70. The fourth-order valence-electron chi connectivity index (χ4n) is 2.72. The second-order valence-corrected chi connectivity index (χ2v) is 5.68. The summed E-state index contributed by atoms with van der Waals surface area (Å²) in [6.07, 6.45) is 1.70. The van der Waals surface area contributed by atoms with Crippen molar-refractivity contribution in [3.63, 3.8) is 0 Å². The average molecular weight is 326 g/mol. The van der Waals surface area contributed by atoms with Crippen LogP contribution in [-0.2, 0) is 0 Å². The van der Waals surface area contributed by atoms with Crippen LogP contribution < -0.4 is 5.56 Å². The molecule has 3 aromatic heterocycles.